The first-order valence-corrected chi connectivity index (χ1v) is 4.39. The zero-order chi connectivity index (χ0) is 9.78. The molecule has 12 heavy (non-hydrogen) atoms. The molecule has 0 spiro atoms. The number of hydrogen-bond donors (Lipinski definition) is 0. The summed E-state index contributed by atoms with van der Waals surface area (Å²) in [7, 11) is 0. The van der Waals surface area contributed by atoms with Gasteiger partial charge < -0.3 is 0 Å². The van der Waals surface area contributed by atoms with Crippen LogP contribution in [0.2, 0.25) is 0 Å². The Morgan fingerprint density at radius 1 is 1.08 bits per heavy atom. The van der Waals surface area contributed by atoms with E-state index in [9.17, 15) is 13.2 Å². The molecule has 0 aromatic rings. The third-order valence-corrected chi connectivity index (χ3v) is 2.26. The summed E-state index contributed by atoms with van der Waals surface area (Å²) in [5.41, 5.74) is 0. The first-order valence-electron chi connectivity index (χ1n) is 4.39. The molecule has 0 aliphatic carbocycles. The fourth-order valence-electron chi connectivity index (χ4n) is 0.958. The highest BCUT2D eigenvalue weighted by Crippen LogP contribution is 2.25. The van der Waals surface area contributed by atoms with Gasteiger partial charge in [-0.3, -0.25) is 0 Å². The lowest BCUT2D eigenvalue weighted by molar-refractivity contribution is -0.136. The molecule has 3 heteroatoms. The van der Waals surface area contributed by atoms with Gasteiger partial charge in [-0.25, -0.2) is 0 Å². The molecule has 0 bridgehead atoms. The molecule has 0 saturated heterocycles. The second-order valence-electron chi connectivity index (χ2n) is 3.73. The normalized spacial score (nSPS) is 15.2. The molecule has 0 rings (SSSR count). The molecule has 1 unspecified atom stereocenters. The van der Waals surface area contributed by atoms with Gasteiger partial charge >= 0.3 is 6.18 Å². The number of hydrogen-bond acceptors (Lipinski definition) is 0. The summed E-state index contributed by atoms with van der Waals surface area (Å²) in [6.07, 6.45) is -3.67. The molecule has 0 N–H and O–H groups in total. The second-order valence-corrected chi connectivity index (χ2v) is 3.73. The van der Waals surface area contributed by atoms with Gasteiger partial charge in [-0.15, -0.1) is 0 Å². The highest BCUT2D eigenvalue weighted by molar-refractivity contribution is 4.59. The van der Waals surface area contributed by atoms with Gasteiger partial charge in [0.25, 0.3) is 0 Å². The lowest BCUT2D eigenvalue weighted by Gasteiger charge is -2.15. The number of halogens is 3. The molecule has 74 valence electrons. The van der Waals surface area contributed by atoms with Gasteiger partial charge in [0.2, 0.25) is 0 Å². The summed E-state index contributed by atoms with van der Waals surface area (Å²) in [4.78, 5) is 0. The van der Waals surface area contributed by atoms with Crippen LogP contribution in [0, 0.1) is 11.8 Å². The molecule has 0 saturated carbocycles. The minimum Gasteiger partial charge on any atom is -0.171 e. The minimum absolute atomic E-state index is 0.267. The van der Waals surface area contributed by atoms with Crippen LogP contribution in [0.3, 0.4) is 0 Å². The van der Waals surface area contributed by atoms with Crippen molar-refractivity contribution in [3.05, 3.63) is 0 Å². The van der Waals surface area contributed by atoms with Crippen molar-refractivity contribution in [2.45, 2.75) is 46.2 Å². The van der Waals surface area contributed by atoms with E-state index in [1.165, 1.54) is 0 Å². The van der Waals surface area contributed by atoms with E-state index in [1.54, 1.807) is 0 Å². The zero-order valence-corrected chi connectivity index (χ0v) is 7.91. The van der Waals surface area contributed by atoms with Crippen molar-refractivity contribution in [1.82, 2.24) is 0 Å². The molecular formula is C9H17F3. The molecular weight excluding hydrogens is 165 g/mol. The van der Waals surface area contributed by atoms with E-state index in [0.29, 0.717) is 18.3 Å². The van der Waals surface area contributed by atoms with E-state index in [0.717, 1.165) is 0 Å². The van der Waals surface area contributed by atoms with Crippen molar-refractivity contribution in [1.29, 1.82) is 0 Å². The Morgan fingerprint density at radius 2 is 1.58 bits per heavy atom. The van der Waals surface area contributed by atoms with Crippen LogP contribution in [0.5, 0.6) is 0 Å². The monoisotopic (exact) mass is 182 g/mol. The Bertz CT molecular complexity index is 115. The molecule has 0 aliphatic rings. The van der Waals surface area contributed by atoms with Crippen molar-refractivity contribution < 1.29 is 13.2 Å². The molecule has 0 heterocycles. The highest BCUT2D eigenvalue weighted by atomic mass is 19.4. The Balaban J connectivity index is 3.44. The van der Waals surface area contributed by atoms with Crippen molar-refractivity contribution in [3.63, 3.8) is 0 Å². The Kier molecular flexibility index (Phi) is 4.64. The van der Waals surface area contributed by atoms with Crippen LogP contribution >= 0.6 is 0 Å². The third-order valence-electron chi connectivity index (χ3n) is 2.26. The average molecular weight is 182 g/mol. The molecule has 0 amide bonds. The van der Waals surface area contributed by atoms with E-state index < -0.39 is 12.6 Å². The van der Waals surface area contributed by atoms with E-state index >= 15 is 0 Å². The fraction of sp³-hybridized carbons (Fsp3) is 1.00. The predicted molar refractivity (Wildman–Crippen MR) is 43.9 cm³/mol. The van der Waals surface area contributed by atoms with Gasteiger partial charge in [-0.2, -0.15) is 13.2 Å². The Labute approximate surface area is 72.2 Å². The SMILES string of the molecule is CC(C)C(C)CCCC(F)(F)F. The zero-order valence-electron chi connectivity index (χ0n) is 7.91. The van der Waals surface area contributed by atoms with Gasteiger partial charge in [0.1, 0.15) is 0 Å². The number of rotatable bonds is 4. The largest absolute Gasteiger partial charge is 0.389 e. The van der Waals surface area contributed by atoms with Crippen molar-refractivity contribution in [2.24, 2.45) is 11.8 Å². The second kappa shape index (κ2) is 4.73. The summed E-state index contributed by atoms with van der Waals surface area (Å²) in [5.74, 6) is 0.880. The van der Waals surface area contributed by atoms with Gasteiger partial charge in [0, 0.05) is 6.42 Å². The highest BCUT2D eigenvalue weighted by Gasteiger charge is 2.26. The molecule has 0 aliphatic heterocycles. The van der Waals surface area contributed by atoms with Crippen molar-refractivity contribution in [3.8, 4) is 0 Å². The topological polar surface area (TPSA) is 0 Å². The molecule has 1 atom stereocenters. The van der Waals surface area contributed by atoms with E-state index in [1.807, 2.05) is 20.8 Å². The van der Waals surface area contributed by atoms with Crippen LogP contribution in [0.4, 0.5) is 13.2 Å². The maximum Gasteiger partial charge on any atom is 0.389 e. The Hall–Kier alpha value is -0.210. The average Bonchev–Trinajstić information content (AvgIpc) is 1.84. The van der Waals surface area contributed by atoms with E-state index in [2.05, 4.69) is 0 Å². The maximum absolute atomic E-state index is 11.7. The van der Waals surface area contributed by atoms with Gasteiger partial charge in [0.05, 0.1) is 0 Å². The lowest BCUT2D eigenvalue weighted by atomic mass is 9.93. The summed E-state index contributed by atoms with van der Waals surface area (Å²) in [6.45, 7) is 6.08. The van der Waals surface area contributed by atoms with E-state index in [4.69, 9.17) is 0 Å². The summed E-state index contributed by atoms with van der Waals surface area (Å²) in [5, 5.41) is 0. The summed E-state index contributed by atoms with van der Waals surface area (Å²) in [6, 6.07) is 0. The van der Waals surface area contributed by atoms with Gasteiger partial charge in [-0.05, 0) is 18.3 Å². The smallest absolute Gasteiger partial charge is 0.171 e. The van der Waals surface area contributed by atoms with Crippen LogP contribution in [-0.4, -0.2) is 6.18 Å². The van der Waals surface area contributed by atoms with Crippen LogP contribution in [0.1, 0.15) is 40.0 Å². The quantitative estimate of drug-likeness (QED) is 0.616. The summed E-state index contributed by atoms with van der Waals surface area (Å²) < 4.78 is 35.1. The molecule has 0 fully saturated rings. The first kappa shape index (κ1) is 11.8. The predicted octanol–water partition coefficient (Wildman–Crippen LogP) is 4.01. The van der Waals surface area contributed by atoms with Crippen LogP contribution in [0.25, 0.3) is 0 Å². The first-order chi connectivity index (χ1) is 5.33. The van der Waals surface area contributed by atoms with Crippen molar-refractivity contribution in [2.75, 3.05) is 0 Å². The summed E-state index contributed by atoms with van der Waals surface area (Å²) >= 11 is 0. The molecule has 0 aromatic heterocycles. The van der Waals surface area contributed by atoms with Crippen LogP contribution < -0.4 is 0 Å². The van der Waals surface area contributed by atoms with Crippen LogP contribution in [0.15, 0.2) is 0 Å². The molecule has 0 radical (unpaired) electrons. The fourth-order valence-corrected chi connectivity index (χ4v) is 0.958. The van der Waals surface area contributed by atoms with Crippen molar-refractivity contribution >= 4 is 0 Å². The Morgan fingerprint density at radius 3 is 1.92 bits per heavy atom. The third kappa shape index (κ3) is 6.50. The van der Waals surface area contributed by atoms with Crippen LogP contribution in [-0.2, 0) is 0 Å². The molecule has 0 nitrogen and oxygen atoms in total. The van der Waals surface area contributed by atoms with E-state index in [-0.39, 0.29) is 6.42 Å². The lowest BCUT2D eigenvalue weighted by Crippen LogP contribution is -2.09. The van der Waals surface area contributed by atoms with Gasteiger partial charge in [-0.1, -0.05) is 27.2 Å². The standard InChI is InChI=1S/C9H17F3/c1-7(2)8(3)5-4-6-9(10,11)12/h7-8H,4-6H2,1-3H3. The number of alkyl halides is 3. The van der Waals surface area contributed by atoms with Gasteiger partial charge in [0.15, 0.2) is 0 Å². The maximum atomic E-state index is 11.7. The minimum atomic E-state index is -3.98. The molecule has 0 aromatic carbocycles.